The average molecular weight is 277 g/mol. The van der Waals surface area contributed by atoms with E-state index in [1.165, 1.54) is 0 Å². The molecule has 0 aliphatic heterocycles. The van der Waals surface area contributed by atoms with Gasteiger partial charge in [-0.25, -0.2) is 0 Å². The summed E-state index contributed by atoms with van der Waals surface area (Å²) in [7, 11) is 0. The van der Waals surface area contributed by atoms with Gasteiger partial charge in [-0.3, -0.25) is 0 Å². The largest absolute Gasteiger partial charge is 0.324 e. The molecule has 0 aliphatic carbocycles. The first-order chi connectivity index (χ1) is 6.32. The molecule has 1 aromatic carbocycles. The fourth-order valence-electron chi connectivity index (χ4n) is 1.21. The molecule has 0 aromatic heterocycles. The normalized spacial score (nSPS) is 14.1. The van der Waals surface area contributed by atoms with Crippen LogP contribution in [0.3, 0.4) is 0 Å². The average Bonchev–Trinajstić information content (AvgIpc) is 2.07. The lowest BCUT2D eigenvalue weighted by atomic mass is 9.83. The van der Waals surface area contributed by atoms with Crippen LogP contribution >= 0.6 is 27.5 Å². The van der Waals surface area contributed by atoms with E-state index in [2.05, 4.69) is 36.7 Å². The van der Waals surface area contributed by atoms with Crippen LogP contribution in [0.2, 0.25) is 5.02 Å². The Bertz CT molecular complexity index is 331. The number of halogens is 2. The standard InChI is InChI=1S/C11H15BrClN/c1-11(2,3)10(14)7-4-5-8(12)9(13)6-7/h4-6,10H,14H2,1-3H3/t10-/m1/s1. The van der Waals surface area contributed by atoms with Crippen molar-refractivity contribution >= 4 is 27.5 Å². The summed E-state index contributed by atoms with van der Waals surface area (Å²) in [6.45, 7) is 6.36. The summed E-state index contributed by atoms with van der Waals surface area (Å²) >= 11 is 9.36. The topological polar surface area (TPSA) is 26.0 Å². The molecule has 0 amide bonds. The van der Waals surface area contributed by atoms with Gasteiger partial charge < -0.3 is 5.73 Å². The zero-order valence-corrected chi connectivity index (χ0v) is 11.0. The molecule has 1 aromatic rings. The Morgan fingerprint density at radius 1 is 1.36 bits per heavy atom. The zero-order chi connectivity index (χ0) is 10.9. The molecule has 14 heavy (non-hydrogen) atoms. The molecule has 0 heterocycles. The maximum absolute atomic E-state index is 6.12. The number of nitrogens with two attached hydrogens (primary N) is 1. The molecule has 1 rings (SSSR count). The van der Waals surface area contributed by atoms with E-state index in [1.807, 2.05) is 18.2 Å². The van der Waals surface area contributed by atoms with Crippen LogP contribution in [-0.4, -0.2) is 0 Å². The molecular weight excluding hydrogens is 261 g/mol. The highest BCUT2D eigenvalue weighted by Crippen LogP contribution is 2.33. The lowest BCUT2D eigenvalue weighted by Gasteiger charge is -2.27. The monoisotopic (exact) mass is 275 g/mol. The molecule has 0 spiro atoms. The van der Waals surface area contributed by atoms with Gasteiger partial charge in [0.25, 0.3) is 0 Å². The minimum absolute atomic E-state index is 0.00750. The minimum Gasteiger partial charge on any atom is -0.324 e. The van der Waals surface area contributed by atoms with Gasteiger partial charge in [0.15, 0.2) is 0 Å². The maximum atomic E-state index is 6.12. The van der Waals surface area contributed by atoms with Gasteiger partial charge in [0.2, 0.25) is 0 Å². The van der Waals surface area contributed by atoms with Crippen molar-refractivity contribution in [2.75, 3.05) is 0 Å². The summed E-state index contributed by atoms with van der Waals surface area (Å²) in [4.78, 5) is 0. The smallest absolute Gasteiger partial charge is 0.0551 e. The van der Waals surface area contributed by atoms with Crippen LogP contribution in [-0.2, 0) is 0 Å². The van der Waals surface area contributed by atoms with E-state index in [0.717, 1.165) is 10.0 Å². The summed E-state index contributed by atoms with van der Waals surface area (Å²) in [5.74, 6) is 0. The second-order valence-corrected chi connectivity index (χ2v) is 5.78. The van der Waals surface area contributed by atoms with E-state index in [9.17, 15) is 0 Å². The van der Waals surface area contributed by atoms with Gasteiger partial charge in [-0.15, -0.1) is 0 Å². The van der Waals surface area contributed by atoms with E-state index in [-0.39, 0.29) is 11.5 Å². The molecule has 1 nitrogen and oxygen atoms in total. The fraction of sp³-hybridized carbons (Fsp3) is 0.455. The van der Waals surface area contributed by atoms with Crippen molar-refractivity contribution in [3.8, 4) is 0 Å². The number of hydrogen-bond donors (Lipinski definition) is 1. The number of rotatable bonds is 1. The van der Waals surface area contributed by atoms with Crippen LogP contribution in [0.1, 0.15) is 32.4 Å². The van der Waals surface area contributed by atoms with E-state index in [4.69, 9.17) is 17.3 Å². The van der Waals surface area contributed by atoms with Gasteiger partial charge in [-0.1, -0.05) is 38.4 Å². The first-order valence-electron chi connectivity index (χ1n) is 4.53. The predicted molar refractivity (Wildman–Crippen MR) is 65.5 cm³/mol. The molecule has 0 bridgehead atoms. The Hall–Kier alpha value is -0.0500. The zero-order valence-electron chi connectivity index (χ0n) is 8.64. The summed E-state index contributed by atoms with van der Waals surface area (Å²) in [6.07, 6.45) is 0. The molecule has 2 N–H and O–H groups in total. The highest BCUT2D eigenvalue weighted by molar-refractivity contribution is 9.10. The third-order valence-corrected chi connectivity index (χ3v) is 3.47. The van der Waals surface area contributed by atoms with Crippen molar-refractivity contribution < 1.29 is 0 Å². The number of benzene rings is 1. The Morgan fingerprint density at radius 2 is 1.93 bits per heavy atom. The second-order valence-electron chi connectivity index (χ2n) is 4.52. The third kappa shape index (κ3) is 2.72. The first kappa shape index (κ1) is 12.0. The molecule has 3 heteroatoms. The van der Waals surface area contributed by atoms with Crippen molar-refractivity contribution in [2.45, 2.75) is 26.8 Å². The Balaban J connectivity index is 3.03. The maximum Gasteiger partial charge on any atom is 0.0551 e. The minimum atomic E-state index is 0.00750. The summed E-state index contributed by atoms with van der Waals surface area (Å²) in [6, 6.07) is 5.87. The van der Waals surface area contributed by atoms with E-state index in [0.29, 0.717) is 5.02 Å². The third-order valence-electron chi connectivity index (χ3n) is 2.24. The van der Waals surface area contributed by atoms with Crippen molar-refractivity contribution in [1.82, 2.24) is 0 Å². The van der Waals surface area contributed by atoms with Gasteiger partial charge in [-0.05, 0) is 39.0 Å². The van der Waals surface area contributed by atoms with E-state index >= 15 is 0 Å². The lowest BCUT2D eigenvalue weighted by Crippen LogP contribution is -2.26. The van der Waals surface area contributed by atoms with Crippen molar-refractivity contribution in [2.24, 2.45) is 11.1 Å². The SMILES string of the molecule is CC(C)(C)[C@H](N)c1ccc(Br)c(Cl)c1. The Morgan fingerprint density at radius 3 is 2.36 bits per heavy atom. The highest BCUT2D eigenvalue weighted by atomic mass is 79.9. The molecule has 0 aliphatic rings. The van der Waals surface area contributed by atoms with E-state index < -0.39 is 0 Å². The molecule has 0 saturated carbocycles. The van der Waals surface area contributed by atoms with Gasteiger partial charge in [-0.2, -0.15) is 0 Å². The number of hydrogen-bond acceptors (Lipinski definition) is 1. The lowest BCUT2D eigenvalue weighted by molar-refractivity contribution is 0.327. The molecule has 1 atom stereocenters. The van der Waals surface area contributed by atoms with Crippen molar-refractivity contribution in [1.29, 1.82) is 0 Å². The van der Waals surface area contributed by atoms with E-state index in [1.54, 1.807) is 0 Å². The molecule has 0 saturated heterocycles. The van der Waals surface area contributed by atoms with Crippen LogP contribution < -0.4 is 5.73 Å². The summed E-state index contributed by atoms with van der Waals surface area (Å²) in [5.41, 5.74) is 7.24. The van der Waals surface area contributed by atoms with Crippen LogP contribution in [0.5, 0.6) is 0 Å². The van der Waals surface area contributed by atoms with Crippen LogP contribution in [0.25, 0.3) is 0 Å². The van der Waals surface area contributed by atoms with Crippen molar-refractivity contribution in [3.05, 3.63) is 33.3 Å². The summed E-state index contributed by atoms with van der Waals surface area (Å²) < 4.78 is 0.907. The Labute approximate surface area is 98.8 Å². The van der Waals surface area contributed by atoms with Crippen LogP contribution in [0.15, 0.2) is 22.7 Å². The molecule has 78 valence electrons. The summed E-state index contributed by atoms with van der Waals surface area (Å²) in [5, 5.41) is 0.710. The second kappa shape index (κ2) is 4.21. The fourth-order valence-corrected chi connectivity index (χ4v) is 1.64. The molecule has 0 radical (unpaired) electrons. The quantitative estimate of drug-likeness (QED) is 0.819. The molecule has 0 unspecified atom stereocenters. The van der Waals surface area contributed by atoms with Crippen LogP contribution in [0.4, 0.5) is 0 Å². The molecular formula is C11H15BrClN. The Kier molecular flexibility index (Phi) is 3.62. The van der Waals surface area contributed by atoms with Crippen LogP contribution in [0, 0.1) is 5.41 Å². The van der Waals surface area contributed by atoms with Gasteiger partial charge in [0.1, 0.15) is 0 Å². The van der Waals surface area contributed by atoms with Gasteiger partial charge in [0, 0.05) is 10.5 Å². The van der Waals surface area contributed by atoms with Crippen molar-refractivity contribution in [3.63, 3.8) is 0 Å². The predicted octanol–water partition coefficient (Wildman–Crippen LogP) is 4.15. The first-order valence-corrected chi connectivity index (χ1v) is 5.70. The van der Waals surface area contributed by atoms with Gasteiger partial charge in [0.05, 0.1) is 5.02 Å². The highest BCUT2D eigenvalue weighted by Gasteiger charge is 2.22. The molecule has 0 fully saturated rings. The van der Waals surface area contributed by atoms with Gasteiger partial charge >= 0.3 is 0 Å².